The van der Waals surface area contributed by atoms with E-state index >= 15 is 0 Å². The molecular formula is C24H20N6O2. The predicted molar refractivity (Wildman–Crippen MR) is 117 cm³/mol. The zero-order valence-electron chi connectivity index (χ0n) is 17.1. The molecule has 0 bridgehead atoms. The van der Waals surface area contributed by atoms with Gasteiger partial charge in [0.25, 0.3) is 5.91 Å². The van der Waals surface area contributed by atoms with Crippen LogP contribution < -0.4 is 5.32 Å². The molecule has 3 amide bonds. The van der Waals surface area contributed by atoms with Crippen molar-refractivity contribution < 1.29 is 9.59 Å². The average Bonchev–Trinajstić information content (AvgIpc) is 3.40. The van der Waals surface area contributed by atoms with Gasteiger partial charge in [-0.3, -0.25) is 9.69 Å². The van der Waals surface area contributed by atoms with Crippen molar-refractivity contribution in [2.75, 3.05) is 0 Å². The zero-order valence-corrected chi connectivity index (χ0v) is 17.1. The molecule has 5 rings (SSSR count). The highest BCUT2D eigenvalue weighted by molar-refractivity contribution is 6.07. The third-order valence-corrected chi connectivity index (χ3v) is 5.59. The Labute approximate surface area is 184 Å². The van der Waals surface area contributed by atoms with Crippen molar-refractivity contribution in [3.05, 3.63) is 108 Å². The van der Waals surface area contributed by atoms with Crippen LogP contribution in [0.25, 0.3) is 5.69 Å². The largest absolute Gasteiger partial charge is 0.325 e. The number of amides is 3. The van der Waals surface area contributed by atoms with Gasteiger partial charge in [0.05, 0.1) is 12.2 Å². The standard InChI is InChI=1S/C24H20N6O2/c31-22-24(19-12-6-2-7-13-19,16-18-10-4-1-5-11-18)25-23(32)29(22)17-21-26-27-28-30(21)20-14-8-3-9-15-20/h1-15H,16-17H2,(H,25,32)/t24-/m1/s1. The fourth-order valence-electron chi connectivity index (χ4n) is 4.03. The summed E-state index contributed by atoms with van der Waals surface area (Å²) in [5.41, 5.74) is 1.22. The molecule has 1 aliphatic heterocycles. The second-order valence-corrected chi connectivity index (χ2v) is 7.60. The number of aromatic nitrogens is 4. The van der Waals surface area contributed by atoms with Crippen LogP contribution >= 0.6 is 0 Å². The molecule has 4 aromatic rings. The van der Waals surface area contributed by atoms with Crippen molar-refractivity contribution in [1.82, 2.24) is 30.4 Å². The Bertz CT molecular complexity index is 1240. The Morgan fingerprint density at radius 1 is 0.812 bits per heavy atom. The number of benzene rings is 3. The fourth-order valence-corrected chi connectivity index (χ4v) is 4.03. The molecule has 1 aliphatic rings. The molecule has 8 heteroatoms. The van der Waals surface area contributed by atoms with Gasteiger partial charge in [-0.1, -0.05) is 78.9 Å². The minimum absolute atomic E-state index is 0.0457. The lowest BCUT2D eigenvalue weighted by Gasteiger charge is -2.27. The quantitative estimate of drug-likeness (QED) is 0.481. The monoisotopic (exact) mass is 424 g/mol. The summed E-state index contributed by atoms with van der Waals surface area (Å²) in [5, 5.41) is 14.8. The number of para-hydroxylation sites is 1. The van der Waals surface area contributed by atoms with Crippen LogP contribution in [0.1, 0.15) is 17.0 Å². The SMILES string of the molecule is O=C1N[C@](Cc2ccccc2)(c2ccccc2)C(=O)N1Cc1nnnn1-c1ccccc1. The molecular weight excluding hydrogens is 404 g/mol. The lowest BCUT2D eigenvalue weighted by atomic mass is 9.83. The number of hydrogen-bond acceptors (Lipinski definition) is 5. The van der Waals surface area contributed by atoms with E-state index in [1.54, 1.807) is 0 Å². The van der Waals surface area contributed by atoms with Gasteiger partial charge in [0, 0.05) is 6.42 Å². The summed E-state index contributed by atoms with van der Waals surface area (Å²) in [6.07, 6.45) is 0.336. The molecule has 3 aromatic carbocycles. The third-order valence-electron chi connectivity index (χ3n) is 5.59. The normalized spacial score (nSPS) is 18.1. The average molecular weight is 424 g/mol. The van der Waals surface area contributed by atoms with E-state index in [1.165, 1.54) is 9.58 Å². The van der Waals surface area contributed by atoms with Crippen molar-refractivity contribution >= 4 is 11.9 Å². The molecule has 2 heterocycles. The molecule has 0 radical (unpaired) electrons. The number of hydrogen-bond donors (Lipinski definition) is 1. The van der Waals surface area contributed by atoms with Crippen LogP contribution in [0, 0.1) is 0 Å². The number of rotatable bonds is 6. The van der Waals surface area contributed by atoms with Gasteiger partial charge >= 0.3 is 6.03 Å². The molecule has 1 fully saturated rings. The summed E-state index contributed by atoms with van der Waals surface area (Å²) >= 11 is 0. The Morgan fingerprint density at radius 3 is 2.12 bits per heavy atom. The lowest BCUT2D eigenvalue weighted by molar-refractivity contribution is -0.132. The van der Waals surface area contributed by atoms with Gasteiger partial charge in [0.15, 0.2) is 11.4 Å². The maximum atomic E-state index is 13.8. The Morgan fingerprint density at radius 2 is 1.44 bits per heavy atom. The van der Waals surface area contributed by atoms with Crippen molar-refractivity contribution in [2.24, 2.45) is 0 Å². The van der Waals surface area contributed by atoms with E-state index in [2.05, 4.69) is 20.8 Å². The molecule has 1 atom stereocenters. The Balaban J connectivity index is 1.51. The summed E-state index contributed by atoms with van der Waals surface area (Å²) in [6.45, 7) is -0.0457. The van der Waals surface area contributed by atoms with Crippen molar-refractivity contribution in [1.29, 1.82) is 0 Å². The molecule has 1 aromatic heterocycles. The van der Waals surface area contributed by atoms with Crippen molar-refractivity contribution in [2.45, 2.75) is 18.5 Å². The number of carbonyl (C=O) groups excluding carboxylic acids is 2. The summed E-state index contributed by atoms with van der Waals surface area (Å²) in [5.74, 6) is 0.0587. The minimum atomic E-state index is -1.20. The number of urea groups is 1. The van der Waals surface area contributed by atoms with Gasteiger partial charge in [0.1, 0.15) is 0 Å². The Kier molecular flexibility index (Phi) is 4.95. The molecule has 0 aliphatic carbocycles. The van der Waals surface area contributed by atoms with Gasteiger partial charge < -0.3 is 5.32 Å². The van der Waals surface area contributed by atoms with E-state index in [0.29, 0.717) is 12.2 Å². The van der Waals surface area contributed by atoms with E-state index in [0.717, 1.165) is 16.8 Å². The highest BCUT2D eigenvalue weighted by Crippen LogP contribution is 2.33. The van der Waals surface area contributed by atoms with Crippen LogP contribution in [0.15, 0.2) is 91.0 Å². The number of carbonyl (C=O) groups is 2. The molecule has 1 N–H and O–H groups in total. The molecule has 0 spiro atoms. The van der Waals surface area contributed by atoms with E-state index < -0.39 is 11.6 Å². The maximum absolute atomic E-state index is 13.8. The van der Waals surface area contributed by atoms with Gasteiger partial charge in [-0.15, -0.1) is 5.10 Å². The first-order chi connectivity index (χ1) is 15.7. The summed E-state index contributed by atoms with van der Waals surface area (Å²) < 4.78 is 1.53. The molecule has 8 nitrogen and oxygen atoms in total. The van der Waals surface area contributed by atoms with E-state index in [1.807, 2.05) is 91.0 Å². The number of tetrazole rings is 1. The highest BCUT2D eigenvalue weighted by Gasteiger charge is 2.52. The fraction of sp³-hybridized carbons (Fsp3) is 0.125. The first-order valence-electron chi connectivity index (χ1n) is 10.2. The van der Waals surface area contributed by atoms with Gasteiger partial charge in [-0.25, -0.2) is 4.79 Å². The van der Waals surface area contributed by atoms with Crippen molar-refractivity contribution in [3.8, 4) is 5.69 Å². The lowest BCUT2D eigenvalue weighted by Crippen LogP contribution is -2.46. The van der Waals surface area contributed by atoms with Gasteiger partial charge in [-0.05, 0) is 33.7 Å². The predicted octanol–water partition coefficient (Wildman–Crippen LogP) is 2.85. The topological polar surface area (TPSA) is 93.0 Å². The molecule has 1 saturated heterocycles. The number of nitrogens with zero attached hydrogens (tertiary/aromatic N) is 5. The Hall–Kier alpha value is -4.33. The minimum Gasteiger partial charge on any atom is -0.319 e. The molecule has 0 unspecified atom stereocenters. The van der Waals surface area contributed by atoms with Crippen LogP contribution in [0.2, 0.25) is 0 Å². The maximum Gasteiger partial charge on any atom is 0.325 e. The first kappa shape index (κ1) is 19.6. The van der Waals surface area contributed by atoms with E-state index in [-0.39, 0.29) is 12.5 Å². The van der Waals surface area contributed by atoms with Crippen molar-refractivity contribution in [3.63, 3.8) is 0 Å². The second-order valence-electron chi connectivity index (χ2n) is 7.60. The zero-order chi connectivity index (χ0) is 22.0. The third kappa shape index (κ3) is 3.41. The highest BCUT2D eigenvalue weighted by atomic mass is 16.2. The number of nitrogens with one attached hydrogen (secondary N) is 1. The van der Waals surface area contributed by atoms with Crippen LogP contribution in [0.5, 0.6) is 0 Å². The summed E-state index contributed by atoms with van der Waals surface area (Å²) in [4.78, 5) is 28.0. The van der Waals surface area contributed by atoms with E-state index in [9.17, 15) is 9.59 Å². The van der Waals surface area contributed by atoms with Crippen LogP contribution in [0.3, 0.4) is 0 Å². The molecule has 0 saturated carbocycles. The number of imide groups is 1. The smallest absolute Gasteiger partial charge is 0.319 e. The summed E-state index contributed by atoms with van der Waals surface area (Å²) in [6, 6.07) is 27.8. The molecule has 158 valence electrons. The second kappa shape index (κ2) is 8.07. The van der Waals surface area contributed by atoms with Gasteiger partial charge in [0.2, 0.25) is 0 Å². The van der Waals surface area contributed by atoms with Gasteiger partial charge in [-0.2, -0.15) is 4.68 Å². The van der Waals surface area contributed by atoms with Crippen LogP contribution in [-0.4, -0.2) is 37.0 Å². The van der Waals surface area contributed by atoms with E-state index in [4.69, 9.17) is 0 Å². The van der Waals surface area contributed by atoms with Crippen LogP contribution in [0.4, 0.5) is 4.79 Å². The molecule has 32 heavy (non-hydrogen) atoms. The summed E-state index contributed by atoms with van der Waals surface area (Å²) in [7, 11) is 0. The first-order valence-corrected chi connectivity index (χ1v) is 10.2. The van der Waals surface area contributed by atoms with Crippen LogP contribution in [-0.2, 0) is 23.3 Å².